The SMILES string of the molecule is CC1C/C=C(c2cc3c(cc2-n2c4ccccc4c4cc5ccccc5cc42)oc2ccc4ccccc4c23)/N=C(c2cccc(-c3ccccc3)c2)\N=C/1c1ccc2oc3ccccc3c2c1. The first-order valence-corrected chi connectivity index (χ1v) is 23.4. The van der Waals surface area contributed by atoms with E-state index in [1.165, 1.54) is 26.9 Å². The van der Waals surface area contributed by atoms with Gasteiger partial charge in [-0.1, -0.05) is 153 Å². The summed E-state index contributed by atoms with van der Waals surface area (Å²) in [6, 6.07) is 73.4. The Morgan fingerprint density at radius 3 is 2.00 bits per heavy atom. The van der Waals surface area contributed by atoms with E-state index < -0.39 is 0 Å². The van der Waals surface area contributed by atoms with Gasteiger partial charge in [0.2, 0.25) is 0 Å². The Labute approximate surface area is 391 Å². The minimum atomic E-state index is 0.0360. The van der Waals surface area contributed by atoms with E-state index in [2.05, 4.69) is 212 Å². The smallest absolute Gasteiger partial charge is 0.160 e. The van der Waals surface area contributed by atoms with E-state index in [4.69, 9.17) is 18.8 Å². The molecule has 68 heavy (non-hydrogen) atoms. The van der Waals surface area contributed by atoms with Crippen molar-refractivity contribution in [2.24, 2.45) is 15.9 Å². The van der Waals surface area contributed by atoms with Crippen molar-refractivity contribution in [2.45, 2.75) is 13.3 Å². The van der Waals surface area contributed by atoms with Crippen molar-refractivity contribution in [2.75, 3.05) is 0 Å². The Bertz CT molecular complexity index is 4310. The summed E-state index contributed by atoms with van der Waals surface area (Å²) in [5.74, 6) is 0.684. The molecule has 0 aliphatic carbocycles. The van der Waals surface area contributed by atoms with E-state index in [1.807, 2.05) is 12.1 Å². The molecule has 1 unspecified atom stereocenters. The Morgan fingerprint density at radius 2 is 1.12 bits per heavy atom. The van der Waals surface area contributed by atoms with Crippen LogP contribution in [0.5, 0.6) is 0 Å². The highest BCUT2D eigenvalue weighted by atomic mass is 16.3. The van der Waals surface area contributed by atoms with Gasteiger partial charge >= 0.3 is 0 Å². The number of amidine groups is 1. The molecule has 1 aliphatic rings. The zero-order valence-electron chi connectivity index (χ0n) is 37.1. The number of aromatic nitrogens is 1. The molecule has 0 bridgehead atoms. The van der Waals surface area contributed by atoms with E-state index in [0.29, 0.717) is 12.3 Å². The van der Waals surface area contributed by atoms with Gasteiger partial charge in [-0.25, -0.2) is 9.98 Å². The van der Waals surface area contributed by atoms with Crippen molar-refractivity contribution in [3.63, 3.8) is 0 Å². The number of rotatable bonds is 5. The van der Waals surface area contributed by atoms with Crippen LogP contribution in [0.25, 0.3) is 110 Å². The van der Waals surface area contributed by atoms with Gasteiger partial charge in [0.1, 0.15) is 22.3 Å². The van der Waals surface area contributed by atoms with Gasteiger partial charge in [0.25, 0.3) is 0 Å². The molecular formula is C63H41N3O2. The number of allylic oxidation sites excluding steroid dienone is 1. The lowest BCUT2D eigenvalue weighted by Crippen LogP contribution is -2.17. The number of fused-ring (bicyclic) bond motifs is 12. The fraction of sp³-hybridized carbons (Fsp3) is 0.0476. The molecule has 4 heterocycles. The first-order valence-electron chi connectivity index (χ1n) is 23.4. The highest BCUT2D eigenvalue weighted by molar-refractivity contribution is 6.21. The van der Waals surface area contributed by atoms with Crippen molar-refractivity contribution >= 4 is 104 Å². The third-order valence-electron chi connectivity index (χ3n) is 14.0. The number of aliphatic imine (C=N–C) groups is 2. The van der Waals surface area contributed by atoms with E-state index >= 15 is 0 Å². The summed E-state index contributed by atoms with van der Waals surface area (Å²) in [5.41, 5.74) is 13.7. The van der Waals surface area contributed by atoms with Crippen molar-refractivity contribution < 1.29 is 8.83 Å². The Morgan fingerprint density at radius 1 is 0.426 bits per heavy atom. The molecule has 14 rings (SSSR count). The summed E-state index contributed by atoms with van der Waals surface area (Å²) in [6.45, 7) is 2.28. The van der Waals surface area contributed by atoms with E-state index in [1.54, 1.807) is 0 Å². The van der Waals surface area contributed by atoms with Gasteiger partial charge in [-0.15, -0.1) is 0 Å². The number of para-hydroxylation sites is 2. The van der Waals surface area contributed by atoms with Gasteiger partial charge in [-0.2, -0.15) is 0 Å². The molecule has 5 nitrogen and oxygen atoms in total. The minimum absolute atomic E-state index is 0.0360. The number of hydrogen-bond acceptors (Lipinski definition) is 4. The Balaban J connectivity index is 1.06. The van der Waals surface area contributed by atoms with Crippen LogP contribution < -0.4 is 0 Å². The number of furan rings is 2. The third kappa shape index (κ3) is 6.09. The van der Waals surface area contributed by atoms with Gasteiger partial charge in [0, 0.05) is 55.4 Å². The molecule has 13 aromatic rings. The predicted molar refractivity (Wildman–Crippen MR) is 284 cm³/mol. The van der Waals surface area contributed by atoms with Crippen LogP contribution in [0.2, 0.25) is 0 Å². The lowest BCUT2D eigenvalue weighted by Gasteiger charge is -2.20. The normalized spacial score (nSPS) is 16.9. The van der Waals surface area contributed by atoms with Crippen molar-refractivity contribution in [3.8, 4) is 16.8 Å². The number of hydrogen-bond donors (Lipinski definition) is 0. The van der Waals surface area contributed by atoms with Crippen LogP contribution in [0, 0.1) is 5.92 Å². The van der Waals surface area contributed by atoms with Crippen LogP contribution in [0.1, 0.15) is 30.0 Å². The zero-order chi connectivity index (χ0) is 44.9. The summed E-state index contributed by atoms with van der Waals surface area (Å²) < 4.78 is 15.6. The molecule has 0 radical (unpaired) electrons. The minimum Gasteiger partial charge on any atom is -0.456 e. The van der Waals surface area contributed by atoms with Crippen LogP contribution in [0.3, 0.4) is 0 Å². The van der Waals surface area contributed by atoms with Gasteiger partial charge in [-0.3, -0.25) is 0 Å². The standard InChI is InChI=1S/C63H41N3O2/c1-38-26-29-53(64-63(45-20-13-19-41(32-45)39-14-3-2-4-15-39)65-62(38)44-28-30-58-50(34-44)48-23-10-12-25-57(48)67-58)51-36-52-60(68-59-31-27-40-16-7-8-21-46(40)61(52)59)37-56(51)66-54-24-11-9-22-47(54)49-33-42-17-5-6-18-43(42)35-55(49)66/h2-25,27-38H,26H2,1H3/b53-29+,64-63-,65-62+. The molecule has 0 saturated heterocycles. The Hall–Kier alpha value is -8.80. The average molecular weight is 872 g/mol. The molecule has 0 spiro atoms. The summed E-state index contributed by atoms with van der Waals surface area (Å²) >= 11 is 0. The van der Waals surface area contributed by atoms with Crippen LogP contribution >= 0.6 is 0 Å². The molecular weight excluding hydrogens is 831 g/mol. The van der Waals surface area contributed by atoms with Gasteiger partial charge in [-0.05, 0) is 105 Å². The zero-order valence-corrected chi connectivity index (χ0v) is 37.1. The number of nitrogens with zero attached hydrogens (tertiary/aromatic N) is 3. The second kappa shape index (κ2) is 15.1. The largest absolute Gasteiger partial charge is 0.456 e. The maximum absolute atomic E-state index is 6.86. The van der Waals surface area contributed by atoms with E-state index in [0.717, 1.165) is 105 Å². The van der Waals surface area contributed by atoms with Crippen molar-refractivity contribution in [1.29, 1.82) is 0 Å². The number of benzene rings is 10. The van der Waals surface area contributed by atoms with Crippen LogP contribution in [0.4, 0.5) is 0 Å². The first-order chi connectivity index (χ1) is 33.6. The van der Waals surface area contributed by atoms with Crippen LogP contribution in [0.15, 0.2) is 231 Å². The van der Waals surface area contributed by atoms with Crippen LogP contribution in [-0.4, -0.2) is 16.1 Å². The van der Waals surface area contributed by atoms with Crippen molar-refractivity contribution in [3.05, 3.63) is 229 Å². The maximum Gasteiger partial charge on any atom is 0.160 e. The summed E-state index contributed by atoms with van der Waals surface area (Å²) in [5, 5.41) is 11.4. The summed E-state index contributed by atoms with van der Waals surface area (Å²) in [4.78, 5) is 11.4. The van der Waals surface area contributed by atoms with Crippen LogP contribution in [-0.2, 0) is 0 Å². The maximum atomic E-state index is 6.86. The highest BCUT2D eigenvalue weighted by Crippen LogP contribution is 2.43. The van der Waals surface area contributed by atoms with Gasteiger partial charge in [0.05, 0.1) is 28.1 Å². The lowest BCUT2D eigenvalue weighted by atomic mass is 9.92. The van der Waals surface area contributed by atoms with Crippen molar-refractivity contribution in [1.82, 2.24) is 4.57 Å². The fourth-order valence-corrected chi connectivity index (χ4v) is 10.7. The van der Waals surface area contributed by atoms with E-state index in [9.17, 15) is 0 Å². The molecule has 5 heteroatoms. The molecule has 0 fully saturated rings. The molecule has 0 amide bonds. The molecule has 320 valence electrons. The molecule has 0 saturated carbocycles. The molecule has 3 aromatic heterocycles. The summed E-state index contributed by atoms with van der Waals surface area (Å²) in [7, 11) is 0. The quantitative estimate of drug-likeness (QED) is 0.173. The molecule has 1 atom stereocenters. The highest BCUT2D eigenvalue weighted by Gasteiger charge is 2.25. The monoisotopic (exact) mass is 871 g/mol. The first kappa shape index (κ1) is 38.5. The fourth-order valence-electron chi connectivity index (χ4n) is 10.7. The summed E-state index contributed by atoms with van der Waals surface area (Å²) in [6.07, 6.45) is 3.05. The second-order valence-corrected chi connectivity index (χ2v) is 18.1. The average Bonchev–Trinajstić information content (AvgIpc) is 4.06. The second-order valence-electron chi connectivity index (χ2n) is 18.1. The Kier molecular flexibility index (Phi) is 8.56. The lowest BCUT2D eigenvalue weighted by molar-refractivity contribution is 0.668. The third-order valence-corrected chi connectivity index (χ3v) is 14.0. The van der Waals surface area contributed by atoms with Gasteiger partial charge in [0.15, 0.2) is 5.84 Å². The molecule has 0 N–H and O–H groups in total. The predicted octanol–water partition coefficient (Wildman–Crippen LogP) is 16.9. The molecule has 1 aliphatic heterocycles. The van der Waals surface area contributed by atoms with Gasteiger partial charge < -0.3 is 13.4 Å². The molecule has 10 aromatic carbocycles. The van der Waals surface area contributed by atoms with E-state index in [-0.39, 0.29) is 5.92 Å². The topological polar surface area (TPSA) is 55.9 Å².